The van der Waals surface area contributed by atoms with Gasteiger partial charge in [0.05, 0.1) is 6.10 Å². The molecule has 2 rings (SSSR count). The van der Waals surface area contributed by atoms with E-state index >= 15 is 0 Å². The first kappa shape index (κ1) is 14.7. The largest absolute Gasteiger partial charge is 0.378 e. The molecule has 106 valence electrons. The van der Waals surface area contributed by atoms with Crippen LogP contribution in [0.3, 0.4) is 0 Å². The number of hydrogen-bond acceptors (Lipinski definition) is 3. The van der Waals surface area contributed by atoms with Crippen LogP contribution in [0.4, 0.5) is 0 Å². The molecule has 1 saturated carbocycles. The molecule has 3 heteroatoms. The fourth-order valence-electron chi connectivity index (χ4n) is 3.28. The zero-order valence-electron chi connectivity index (χ0n) is 12.2. The molecule has 4 unspecified atom stereocenters. The molecule has 1 heterocycles. The molecule has 4 atom stereocenters. The van der Waals surface area contributed by atoms with E-state index in [2.05, 4.69) is 37.8 Å². The standard InChI is InChI=1S/C15H29NOS/c1-4-18-15-7-5-6-13(15)16-12-8-9-17-14(10-12)11(2)3/h11-16H,4-10H2,1-3H3. The highest BCUT2D eigenvalue weighted by Crippen LogP contribution is 2.31. The molecule has 1 aliphatic carbocycles. The molecule has 0 spiro atoms. The Kier molecular flexibility index (Phi) is 5.84. The number of rotatable bonds is 5. The van der Waals surface area contributed by atoms with Crippen molar-refractivity contribution >= 4 is 11.8 Å². The van der Waals surface area contributed by atoms with E-state index in [1.165, 1.54) is 37.9 Å². The first-order valence-corrected chi connectivity index (χ1v) is 8.74. The van der Waals surface area contributed by atoms with E-state index in [1.807, 2.05) is 0 Å². The van der Waals surface area contributed by atoms with Gasteiger partial charge in [-0.05, 0) is 37.4 Å². The minimum absolute atomic E-state index is 0.468. The summed E-state index contributed by atoms with van der Waals surface area (Å²) < 4.78 is 5.86. The van der Waals surface area contributed by atoms with E-state index in [-0.39, 0.29) is 0 Å². The Morgan fingerprint density at radius 3 is 2.83 bits per heavy atom. The summed E-state index contributed by atoms with van der Waals surface area (Å²) in [6.07, 6.45) is 7.07. The first-order valence-electron chi connectivity index (χ1n) is 7.70. The van der Waals surface area contributed by atoms with Crippen molar-refractivity contribution in [2.75, 3.05) is 12.4 Å². The Balaban J connectivity index is 1.81. The van der Waals surface area contributed by atoms with Crippen LogP contribution in [0.2, 0.25) is 0 Å². The van der Waals surface area contributed by atoms with Crippen molar-refractivity contribution in [2.45, 2.75) is 76.3 Å². The van der Waals surface area contributed by atoms with E-state index in [4.69, 9.17) is 4.74 Å². The Morgan fingerprint density at radius 2 is 2.11 bits per heavy atom. The second-order valence-corrected chi connectivity index (χ2v) is 7.59. The molecule has 0 radical (unpaired) electrons. The van der Waals surface area contributed by atoms with Crippen LogP contribution in [-0.4, -0.2) is 35.8 Å². The van der Waals surface area contributed by atoms with Crippen LogP contribution in [0.15, 0.2) is 0 Å². The molecule has 0 aromatic heterocycles. The van der Waals surface area contributed by atoms with Gasteiger partial charge < -0.3 is 10.1 Å². The zero-order valence-corrected chi connectivity index (χ0v) is 13.0. The third-order valence-corrected chi connectivity index (χ3v) is 5.67. The predicted octanol–water partition coefficient (Wildman–Crippen LogP) is 3.45. The van der Waals surface area contributed by atoms with Crippen LogP contribution in [0.5, 0.6) is 0 Å². The lowest BCUT2D eigenvalue weighted by atomic mass is 9.95. The van der Waals surface area contributed by atoms with Gasteiger partial charge in [-0.1, -0.05) is 27.2 Å². The van der Waals surface area contributed by atoms with Crippen molar-refractivity contribution in [3.8, 4) is 0 Å². The summed E-state index contributed by atoms with van der Waals surface area (Å²) in [5, 5.41) is 4.79. The summed E-state index contributed by atoms with van der Waals surface area (Å²) >= 11 is 2.15. The summed E-state index contributed by atoms with van der Waals surface area (Å²) in [7, 11) is 0. The van der Waals surface area contributed by atoms with Crippen LogP contribution in [0, 0.1) is 5.92 Å². The molecule has 0 bridgehead atoms. The van der Waals surface area contributed by atoms with E-state index in [0.29, 0.717) is 18.1 Å². The van der Waals surface area contributed by atoms with Gasteiger partial charge in [-0.3, -0.25) is 0 Å². The molecule has 0 amide bonds. The minimum Gasteiger partial charge on any atom is -0.378 e. The molecule has 2 fully saturated rings. The topological polar surface area (TPSA) is 21.3 Å². The highest BCUT2D eigenvalue weighted by Gasteiger charge is 2.31. The third kappa shape index (κ3) is 3.88. The quantitative estimate of drug-likeness (QED) is 0.827. The molecular formula is C15H29NOS. The lowest BCUT2D eigenvalue weighted by Gasteiger charge is -2.35. The van der Waals surface area contributed by atoms with Gasteiger partial charge in [-0.2, -0.15) is 11.8 Å². The van der Waals surface area contributed by atoms with Gasteiger partial charge in [0.1, 0.15) is 0 Å². The summed E-state index contributed by atoms with van der Waals surface area (Å²) in [6.45, 7) is 7.78. The van der Waals surface area contributed by atoms with Crippen molar-refractivity contribution in [1.29, 1.82) is 0 Å². The zero-order chi connectivity index (χ0) is 13.0. The summed E-state index contributed by atoms with van der Waals surface area (Å²) in [4.78, 5) is 0. The van der Waals surface area contributed by atoms with Gasteiger partial charge in [-0.15, -0.1) is 0 Å². The first-order chi connectivity index (χ1) is 8.70. The number of nitrogens with one attached hydrogen (secondary N) is 1. The van der Waals surface area contributed by atoms with Crippen molar-refractivity contribution in [3.05, 3.63) is 0 Å². The molecule has 1 saturated heterocycles. The van der Waals surface area contributed by atoms with Gasteiger partial charge in [0.25, 0.3) is 0 Å². The average molecular weight is 271 g/mol. The van der Waals surface area contributed by atoms with E-state index < -0.39 is 0 Å². The predicted molar refractivity (Wildman–Crippen MR) is 80.3 cm³/mol. The van der Waals surface area contributed by atoms with Crippen LogP contribution in [0.1, 0.15) is 52.9 Å². The molecule has 2 nitrogen and oxygen atoms in total. The minimum atomic E-state index is 0.468. The molecule has 0 aromatic carbocycles. The maximum absolute atomic E-state index is 5.86. The lowest BCUT2D eigenvalue weighted by molar-refractivity contribution is -0.0257. The van der Waals surface area contributed by atoms with E-state index in [1.54, 1.807) is 0 Å². The highest BCUT2D eigenvalue weighted by molar-refractivity contribution is 7.99. The number of ether oxygens (including phenoxy) is 1. The highest BCUT2D eigenvalue weighted by atomic mass is 32.2. The van der Waals surface area contributed by atoms with Gasteiger partial charge in [0.2, 0.25) is 0 Å². The fourth-order valence-corrected chi connectivity index (χ4v) is 4.49. The van der Waals surface area contributed by atoms with Crippen LogP contribution >= 0.6 is 11.8 Å². The normalized spacial score (nSPS) is 37.3. The second-order valence-electron chi connectivity index (χ2n) is 6.07. The maximum atomic E-state index is 5.86. The summed E-state index contributed by atoms with van der Waals surface area (Å²) in [6, 6.07) is 1.44. The van der Waals surface area contributed by atoms with Crippen LogP contribution < -0.4 is 5.32 Å². The Morgan fingerprint density at radius 1 is 1.28 bits per heavy atom. The van der Waals surface area contributed by atoms with Crippen molar-refractivity contribution in [2.24, 2.45) is 5.92 Å². The smallest absolute Gasteiger partial charge is 0.0612 e. The van der Waals surface area contributed by atoms with Crippen molar-refractivity contribution in [3.63, 3.8) is 0 Å². The fraction of sp³-hybridized carbons (Fsp3) is 1.00. The van der Waals surface area contributed by atoms with Crippen molar-refractivity contribution < 1.29 is 4.74 Å². The lowest BCUT2D eigenvalue weighted by Crippen LogP contribution is -2.47. The molecule has 1 N–H and O–H groups in total. The molecule has 18 heavy (non-hydrogen) atoms. The molecular weight excluding hydrogens is 242 g/mol. The summed E-state index contributed by atoms with van der Waals surface area (Å²) in [5.41, 5.74) is 0. The molecule has 0 aromatic rings. The Bertz CT molecular complexity index is 247. The van der Waals surface area contributed by atoms with Gasteiger partial charge >= 0.3 is 0 Å². The average Bonchev–Trinajstić information content (AvgIpc) is 2.77. The molecule has 1 aliphatic heterocycles. The van der Waals surface area contributed by atoms with Crippen molar-refractivity contribution in [1.82, 2.24) is 5.32 Å². The van der Waals surface area contributed by atoms with E-state index in [9.17, 15) is 0 Å². The van der Waals surface area contributed by atoms with E-state index in [0.717, 1.165) is 17.9 Å². The number of hydrogen-bond donors (Lipinski definition) is 1. The maximum Gasteiger partial charge on any atom is 0.0612 e. The second kappa shape index (κ2) is 7.16. The third-order valence-electron chi connectivity index (χ3n) is 4.34. The van der Waals surface area contributed by atoms with Gasteiger partial charge in [0.15, 0.2) is 0 Å². The molecule has 2 aliphatic rings. The summed E-state index contributed by atoms with van der Waals surface area (Å²) in [5.74, 6) is 1.91. The number of thioether (sulfide) groups is 1. The SMILES string of the molecule is CCSC1CCCC1NC1CCOC(C(C)C)C1. The van der Waals surface area contributed by atoms with Gasteiger partial charge in [-0.25, -0.2) is 0 Å². The Hall–Kier alpha value is 0.270. The van der Waals surface area contributed by atoms with Crippen LogP contribution in [-0.2, 0) is 4.74 Å². The van der Waals surface area contributed by atoms with Crippen LogP contribution in [0.25, 0.3) is 0 Å². The monoisotopic (exact) mass is 271 g/mol. The Labute approximate surface area is 117 Å². The van der Waals surface area contributed by atoms with Gasteiger partial charge in [0, 0.05) is 23.9 Å².